The molecule has 0 amide bonds. The van der Waals surface area contributed by atoms with Gasteiger partial charge in [0.1, 0.15) is 5.02 Å². The molecule has 9 heteroatoms. The summed E-state index contributed by atoms with van der Waals surface area (Å²) in [5.74, 6) is 0. The lowest BCUT2D eigenvalue weighted by Crippen LogP contribution is -2.20. The summed E-state index contributed by atoms with van der Waals surface area (Å²) in [6, 6.07) is 10.9. The van der Waals surface area contributed by atoms with Crippen LogP contribution in [0.25, 0.3) is 0 Å². The first-order chi connectivity index (χ1) is 11.4. The number of aryl methyl sites for hydroxylation is 1. The molecule has 0 bridgehead atoms. The molecule has 124 valence electrons. The molecule has 24 heavy (non-hydrogen) atoms. The first-order valence-electron chi connectivity index (χ1n) is 6.99. The van der Waals surface area contributed by atoms with Crippen LogP contribution >= 0.6 is 11.6 Å². The van der Waals surface area contributed by atoms with Gasteiger partial charge in [-0.2, -0.15) is 18.4 Å². The minimum atomic E-state index is -4.02. The Labute approximate surface area is 143 Å². The molecule has 0 radical (unpaired) electrons. The number of hydrazone groups is 1. The molecule has 3 rings (SSSR count). The highest BCUT2D eigenvalue weighted by Crippen LogP contribution is 2.27. The van der Waals surface area contributed by atoms with Gasteiger partial charge in [-0.3, -0.25) is 10.1 Å². The lowest BCUT2D eigenvalue weighted by atomic mass is 10.1. The Morgan fingerprint density at radius 2 is 1.92 bits per heavy atom. The summed E-state index contributed by atoms with van der Waals surface area (Å²) in [7, 11) is -4.02. The van der Waals surface area contributed by atoms with Gasteiger partial charge in [-0.05, 0) is 30.5 Å². The molecule has 0 atom stereocenters. The molecule has 2 aromatic rings. The van der Waals surface area contributed by atoms with Crippen molar-refractivity contribution in [3.05, 3.63) is 68.7 Å². The number of halogens is 1. The Kier molecular flexibility index (Phi) is 4.25. The third-order valence-electron chi connectivity index (χ3n) is 3.68. The molecule has 1 aliphatic rings. The topological polar surface area (TPSA) is 102 Å². The molecule has 0 heterocycles. The molecule has 7 nitrogen and oxygen atoms in total. The lowest BCUT2D eigenvalue weighted by molar-refractivity contribution is -0.384. The average Bonchev–Trinajstić information content (AvgIpc) is 2.96. The van der Waals surface area contributed by atoms with Gasteiger partial charge in [0, 0.05) is 11.6 Å². The fourth-order valence-electron chi connectivity index (χ4n) is 2.49. The predicted molar refractivity (Wildman–Crippen MR) is 89.7 cm³/mol. The Hall–Kier alpha value is -2.45. The lowest BCUT2D eigenvalue weighted by Gasteiger charge is -2.06. The maximum Gasteiger partial charge on any atom is 0.289 e. The van der Waals surface area contributed by atoms with Crippen molar-refractivity contribution >= 4 is 33.0 Å². The van der Waals surface area contributed by atoms with E-state index in [4.69, 9.17) is 11.6 Å². The van der Waals surface area contributed by atoms with Gasteiger partial charge in [-0.15, -0.1) is 0 Å². The summed E-state index contributed by atoms with van der Waals surface area (Å²) >= 11 is 5.69. The number of fused-ring (bicyclic) bond motifs is 1. The minimum Gasteiger partial charge on any atom is -0.258 e. The van der Waals surface area contributed by atoms with Gasteiger partial charge in [0.15, 0.2) is 0 Å². The summed E-state index contributed by atoms with van der Waals surface area (Å²) in [5.41, 5.74) is 2.18. The van der Waals surface area contributed by atoms with Crippen molar-refractivity contribution in [1.82, 2.24) is 4.83 Å². The second-order valence-corrected chi connectivity index (χ2v) is 7.25. The number of hydrogen-bond acceptors (Lipinski definition) is 5. The van der Waals surface area contributed by atoms with E-state index in [0.29, 0.717) is 12.1 Å². The van der Waals surface area contributed by atoms with Crippen LogP contribution in [0.4, 0.5) is 5.69 Å². The van der Waals surface area contributed by atoms with Crippen molar-refractivity contribution < 1.29 is 13.3 Å². The maximum absolute atomic E-state index is 12.3. The summed E-state index contributed by atoms with van der Waals surface area (Å²) in [6.45, 7) is 0. The van der Waals surface area contributed by atoms with Crippen molar-refractivity contribution in [2.45, 2.75) is 17.7 Å². The minimum absolute atomic E-state index is 0.130. The quantitative estimate of drug-likeness (QED) is 0.664. The van der Waals surface area contributed by atoms with Gasteiger partial charge in [0.05, 0.1) is 15.5 Å². The van der Waals surface area contributed by atoms with Gasteiger partial charge < -0.3 is 0 Å². The molecule has 2 aromatic carbocycles. The SMILES string of the molecule is O=[N+]([O-])c1cc(S(=O)(=O)N/N=C2/CCc3ccccc32)ccc1Cl. The van der Waals surface area contributed by atoms with E-state index in [9.17, 15) is 18.5 Å². The Balaban J connectivity index is 1.89. The molecule has 0 spiro atoms. The number of nitrogens with one attached hydrogen (secondary N) is 1. The first kappa shape index (κ1) is 16.4. The van der Waals surface area contributed by atoms with E-state index in [1.54, 1.807) is 0 Å². The van der Waals surface area contributed by atoms with Crippen molar-refractivity contribution in [3.8, 4) is 0 Å². The number of benzene rings is 2. The number of hydrogen-bond donors (Lipinski definition) is 1. The standard InChI is InChI=1S/C15H12ClN3O4S/c16-13-7-6-11(9-15(13)19(20)21)24(22,23)18-17-14-8-5-10-3-1-2-4-12(10)14/h1-4,6-7,9,18H,5,8H2/b17-14-. The van der Waals surface area contributed by atoms with Gasteiger partial charge in [-0.25, -0.2) is 0 Å². The fraction of sp³-hybridized carbons (Fsp3) is 0.133. The molecule has 0 aromatic heterocycles. The van der Waals surface area contributed by atoms with Crippen LogP contribution in [0.1, 0.15) is 17.5 Å². The molecule has 0 aliphatic heterocycles. The molecule has 0 fully saturated rings. The second kappa shape index (κ2) is 6.21. The normalized spacial score (nSPS) is 15.3. The van der Waals surface area contributed by atoms with Crippen LogP contribution in [-0.2, 0) is 16.4 Å². The number of rotatable bonds is 4. The fourth-order valence-corrected chi connectivity index (χ4v) is 3.53. The van der Waals surface area contributed by atoms with E-state index in [-0.39, 0.29) is 9.92 Å². The van der Waals surface area contributed by atoms with Crippen molar-refractivity contribution in [1.29, 1.82) is 0 Å². The largest absolute Gasteiger partial charge is 0.289 e. The van der Waals surface area contributed by atoms with Crippen LogP contribution in [0.2, 0.25) is 5.02 Å². The number of nitrogens with zero attached hydrogens (tertiary/aromatic N) is 2. The Bertz CT molecular complexity index is 957. The van der Waals surface area contributed by atoms with E-state index < -0.39 is 20.6 Å². The predicted octanol–water partition coefficient (Wildman–Crippen LogP) is 2.88. The molecule has 1 N–H and O–H groups in total. The highest BCUT2D eigenvalue weighted by Gasteiger charge is 2.22. The molecule has 1 aliphatic carbocycles. The van der Waals surface area contributed by atoms with E-state index in [2.05, 4.69) is 9.93 Å². The van der Waals surface area contributed by atoms with E-state index >= 15 is 0 Å². The number of sulfonamides is 1. The zero-order valence-corrected chi connectivity index (χ0v) is 13.8. The van der Waals surface area contributed by atoms with Crippen LogP contribution < -0.4 is 4.83 Å². The van der Waals surface area contributed by atoms with Crippen LogP contribution in [0.3, 0.4) is 0 Å². The summed E-state index contributed by atoms with van der Waals surface area (Å²) in [4.78, 5) is 12.0. The summed E-state index contributed by atoms with van der Waals surface area (Å²) in [5, 5.41) is 14.7. The molecule has 0 unspecified atom stereocenters. The third-order valence-corrected chi connectivity index (χ3v) is 5.21. The van der Waals surface area contributed by atoms with Gasteiger partial charge in [0.25, 0.3) is 15.7 Å². The second-order valence-electron chi connectivity index (χ2n) is 5.18. The van der Waals surface area contributed by atoms with Crippen molar-refractivity contribution in [3.63, 3.8) is 0 Å². The van der Waals surface area contributed by atoms with Gasteiger partial charge in [-0.1, -0.05) is 35.9 Å². The van der Waals surface area contributed by atoms with Gasteiger partial charge in [0.2, 0.25) is 0 Å². The van der Waals surface area contributed by atoms with E-state index in [1.807, 2.05) is 24.3 Å². The molecule has 0 saturated heterocycles. The molecular weight excluding hydrogens is 354 g/mol. The van der Waals surface area contributed by atoms with Gasteiger partial charge >= 0.3 is 0 Å². The van der Waals surface area contributed by atoms with Crippen LogP contribution in [0.15, 0.2) is 52.5 Å². The van der Waals surface area contributed by atoms with E-state index in [1.165, 1.54) is 12.1 Å². The van der Waals surface area contributed by atoms with Crippen LogP contribution in [0.5, 0.6) is 0 Å². The number of nitro groups is 1. The van der Waals surface area contributed by atoms with Crippen molar-refractivity contribution in [2.24, 2.45) is 5.10 Å². The van der Waals surface area contributed by atoms with E-state index in [0.717, 1.165) is 23.6 Å². The Morgan fingerprint density at radius 3 is 2.67 bits per heavy atom. The van der Waals surface area contributed by atoms with Crippen molar-refractivity contribution in [2.75, 3.05) is 0 Å². The number of nitro benzene ring substituents is 1. The average molecular weight is 366 g/mol. The monoisotopic (exact) mass is 365 g/mol. The Morgan fingerprint density at radius 1 is 1.17 bits per heavy atom. The van der Waals surface area contributed by atoms with Crippen LogP contribution in [-0.4, -0.2) is 19.1 Å². The highest BCUT2D eigenvalue weighted by atomic mass is 35.5. The zero-order chi connectivity index (χ0) is 17.3. The molecular formula is C15H12ClN3O4S. The molecule has 0 saturated carbocycles. The first-order valence-corrected chi connectivity index (χ1v) is 8.85. The summed E-state index contributed by atoms with van der Waals surface area (Å²) < 4.78 is 24.6. The highest BCUT2D eigenvalue weighted by molar-refractivity contribution is 7.89. The summed E-state index contributed by atoms with van der Waals surface area (Å²) in [6.07, 6.45) is 1.42. The van der Waals surface area contributed by atoms with Crippen LogP contribution in [0, 0.1) is 10.1 Å². The third kappa shape index (κ3) is 3.10. The zero-order valence-electron chi connectivity index (χ0n) is 12.3. The smallest absolute Gasteiger partial charge is 0.258 e. The maximum atomic E-state index is 12.3.